The number of para-hydroxylation sites is 1. The fourth-order valence-electron chi connectivity index (χ4n) is 7.74. The second-order valence-corrected chi connectivity index (χ2v) is 11.3. The summed E-state index contributed by atoms with van der Waals surface area (Å²) in [6.45, 7) is 9.73. The summed E-state index contributed by atoms with van der Waals surface area (Å²) in [7, 11) is 0. The first-order valence-corrected chi connectivity index (χ1v) is 13.0. The zero-order chi connectivity index (χ0) is 22.5. The van der Waals surface area contributed by atoms with Gasteiger partial charge in [-0.1, -0.05) is 32.0 Å². The van der Waals surface area contributed by atoms with Crippen LogP contribution in [0.3, 0.4) is 0 Å². The summed E-state index contributed by atoms with van der Waals surface area (Å²) in [5.41, 5.74) is 9.65. The Balaban J connectivity index is 1.61. The van der Waals surface area contributed by atoms with Crippen LogP contribution in [0, 0.1) is 0 Å². The minimum atomic E-state index is 0.0233. The van der Waals surface area contributed by atoms with Crippen LogP contribution in [0.15, 0.2) is 53.1 Å². The van der Waals surface area contributed by atoms with Gasteiger partial charge in [-0.2, -0.15) is 4.57 Å². The summed E-state index contributed by atoms with van der Waals surface area (Å²) in [6, 6.07) is 15.9. The molecule has 0 spiro atoms. The van der Waals surface area contributed by atoms with Crippen LogP contribution in [0.1, 0.15) is 94.7 Å². The Morgan fingerprint density at radius 2 is 1.58 bits per heavy atom. The molecule has 2 nitrogen and oxygen atoms in total. The molecule has 0 N–H and O–H groups in total. The lowest BCUT2D eigenvalue weighted by atomic mass is 9.59. The molecule has 3 heterocycles. The Morgan fingerprint density at radius 3 is 2.30 bits per heavy atom. The summed E-state index contributed by atoms with van der Waals surface area (Å²) >= 11 is 0. The largest absolute Gasteiger partial charge is 0.456 e. The van der Waals surface area contributed by atoms with Crippen LogP contribution in [0.4, 0.5) is 0 Å². The third kappa shape index (κ3) is 2.32. The van der Waals surface area contributed by atoms with Gasteiger partial charge in [-0.25, -0.2) is 0 Å². The third-order valence-corrected chi connectivity index (χ3v) is 10.3. The molecule has 4 aliphatic rings. The van der Waals surface area contributed by atoms with Crippen LogP contribution >= 0.6 is 0 Å². The lowest BCUT2D eigenvalue weighted by Crippen LogP contribution is -2.67. The van der Waals surface area contributed by atoms with E-state index in [1.807, 2.05) is 0 Å². The fraction of sp³-hybridized carbons (Fsp3) is 0.452. The molecule has 2 bridgehead atoms. The van der Waals surface area contributed by atoms with Crippen molar-refractivity contribution in [2.75, 3.05) is 0 Å². The van der Waals surface area contributed by atoms with Gasteiger partial charge in [-0.05, 0) is 80.2 Å². The van der Waals surface area contributed by atoms with Crippen molar-refractivity contribution < 1.29 is 8.98 Å². The maximum atomic E-state index is 6.37. The Bertz CT molecular complexity index is 1440. The minimum absolute atomic E-state index is 0.0233. The van der Waals surface area contributed by atoms with Gasteiger partial charge >= 0.3 is 0 Å². The number of fused-ring (bicyclic) bond motifs is 8. The number of nitrogens with zero attached hydrogens (tertiary/aromatic N) is 1. The second kappa shape index (κ2) is 6.50. The highest BCUT2D eigenvalue weighted by Gasteiger charge is 2.57. The average Bonchev–Trinajstić information content (AvgIpc) is 3.24. The fourth-order valence-corrected chi connectivity index (χ4v) is 7.74. The molecule has 4 aromatic rings. The Hall–Kier alpha value is -2.61. The van der Waals surface area contributed by atoms with E-state index in [1.54, 1.807) is 11.1 Å². The molecule has 33 heavy (non-hydrogen) atoms. The van der Waals surface area contributed by atoms with Crippen molar-refractivity contribution in [1.29, 1.82) is 0 Å². The number of benzene rings is 2. The molecular formula is C31H34NO+. The topological polar surface area (TPSA) is 17.0 Å². The average molecular weight is 437 g/mol. The molecule has 1 fully saturated rings. The molecule has 0 radical (unpaired) electrons. The number of aromatic nitrogens is 1. The summed E-state index contributed by atoms with van der Waals surface area (Å²) < 4.78 is 9.07. The molecule has 0 amide bonds. The summed E-state index contributed by atoms with van der Waals surface area (Å²) in [4.78, 5) is 0. The SMILES string of the molecule is CCC1(C)c2cc3oc4ccccc4c3cc2-c2cc3c(c[n+]2C1(C)CC)C1CCC3CC1. The molecule has 2 heteroatoms. The van der Waals surface area contributed by atoms with Gasteiger partial charge in [-0.15, -0.1) is 0 Å². The van der Waals surface area contributed by atoms with Crippen molar-refractivity contribution in [3.63, 3.8) is 0 Å². The van der Waals surface area contributed by atoms with E-state index in [0.29, 0.717) is 0 Å². The molecule has 1 aliphatic heterocycles. The Labute approximate surface area is 196 Å². The van der Waals surface area contributed by atoms with Crippen LogP contribution in [-0.2, 0) is 11.0 Å². The van der Waals surface area contributed by atoms with Crippen molar-refractivity contribution in [3.8, 4) is 11.3 Å². The molecule has 168 valence electrons. The van der Waals surface area contributed by atoms with E-state index in [4.69, 9.17) is 4.42 Å². The lowest BCUT2D eigenvalue weighted by Gasteiger charge is -2.47. The molecule has 8 rings (SSSR count). The van der Waals surface area contributed by atoms with E-state index in [0.717, 1.165) is 35.8 Å². The highest BCUT2D eigenvalue weighted by atomic mass is 16.3. The standard InChI is InChI=1S/C31H34NO/c1-5-30(3)26-17-29-23(21-9-7-8-10-28(21)33-29)15-24(26)27-16-22-19-11-13-20(14-12-19)25(22)18-32(27)31(30,4)6-2/h7-10,15-20H,5-6,11-14H2,1-4H3/q+1. The highest BCUT2D eigenvalue weighted by molar-refractivity contribution is 6.06. The zero-order valence-corrected chi connectivity index (χ0v) is 20.4. The van der Waals surface area contributed by atoms with Crippen LogP contribution < -0.4 is 4.57 Å². The van der Waals surface area contributed by atoms with Gasteiger partial charge in [0.15, 0.2) is 11.7 Å². The molecule has 2 unspecified atom stereocenters. The predicted octanol–water partition coefficient (Wildman–Crippen LogP) is 8.10. The van der Waals surface area contributed by atoms with E-state index in [2.05, 4.69) is 80.9 Å². The monoisotopic (exact) mass is 436 g/mol. The van der Waals surface area contributed by atoms with Crippen molar-refractivity contribution in [2.45, 2.75) is 89.0 Å². The van der Waals surface area contributed by atoms with Crippen LogP contribution in [0.25, 0.3) is 33.2 Å². The normalized spacial score (nSPS) is 29.8. The number of pyridine rings is 1. The molecule has 2 aromatic carbocycles. The van der Waals surface area contributed by atoms with Gasteiger partial charge in [0.25, 0.3) is 0 Å². The van der Waals surface area contributed by atoms with Crippen molar-refractivity contribution >= 4 is 21.9 Å². The lowest BCUT2D eigenvalue weighted by molar-refractivity contribution is -0.765. The van der Waals surface area contributed by atoms with E-state index >= 15 is 0 Å². The maximum Gasteiger partial charge on any atom is 0.213 e. The minimum Gasteiger partial charge on any atom is -0.456 e. The number of hydrogen-bond donors (Lipinski definition) is 0. The summed E-state index contributed by atoms with van der Waals surface area (Å²) in [6.07, 6.45) is 10.3. The van der Waals surface area contributed by atoms with Crippen molar-refractivity contribution in [1.82, 2.24) is 0 Å². The van der Waals surface area contributed by atoms with E-state index in [-0.39, 0.29) is 11.0 Å². The highest BCUT2D eigenvalue weighted by Crippen LogP contribution is 2.54. The molecule has 2 aromatic heterocycles. The zero-order valence-electron chi connectivity index (χ0n) is 20.4. The number of furan rings is 1. The predicted molar refractivity (Wildman–Crippen MR) is 135 cm³/mol. The smallest absolute Gasteiger partial charge is 0.213 e. The van der Waals surface area contributed by atoms with Crippen molar-refractivity contribution in [2.24, 2.45) is 0 Å². The van der Waals surface area contributed by atoms with E-state index in [1.165, 1.54) is 53.3 Å². The first-order chi connectivity index (χ1) is 16.0. The Morgan fingerprint density at radius 1 is 0.848 bits per heavy atom. The van der Waals surface area contributed by atoms with Crippen molar-refractivity contribution in [3.05, 3.63) is 65.4 Å². The number of hydrogen-bond acceptors (Lipinski definition) is 1. The quantitative estimate of drug-likeness (QED) is 0.290. The van der Waals surface area contributed by atoms with Gasteiger partial charge in [0, 0.05) is 35.7 Å². The van der Waals surface area contributed by atoms with E-state index in [9.17, 15) is 0 Å². The van der Waals surface area contributed by atoms with Crippen LogP contribution in [-0.4, -0.2) is 0 Å². The van der Waals surface area contributed by atoms with Crippen LogP contribution in [0.2, 0.25) is 0 Å². The summed E-state index contributed by atoms with van der Waals surface area (Å²) in [5.74, 6) is 1.52. The Kier molecular flexibility index (Phi) is 3.90. The molecule has 2 atom stereocenters. The molecule has 3 aliphatic carbocycles. The molecule has 0 saturated heterocycles. The van der Waals surface area contributed by atoms with Crippen LogP contribution in [0.5, 0.6) is 0 Å². The number of rotatable bonds is 2. The van der Waals surface area contributed by atoms with E-state index < -0.39 is 0 Å². The van der Waals surface area contributed by atoms with Gasteiger partial charge < -0.3 is 4.42 Å². The molecular weight excluding hydrogens is 402 g/mol. The maximum absolute atomic E-state index is 6.37. The van der Waals surface area contributed by atoms with Gasteiger partial charge in [0.1, 0.15) is 11.2 Å². The molecule has 1 saturated carbocycles. The van der Waals surface area contributed by atoms with Gasteiger partial charge in [0.05, 0.1) is 11.0 Å². The second-order valence-electron chi connectivity index (χ2n) is 11.3. The van der Waals surface area contributed by atoms with Gasteiger partial charge in [0.2, 0.25) is 5.69 Å². The first kappa shape index (κ1) is 19.8. The third-order valence-electron chi connectivity index (χ3n) is 10.3. The first-order valence-electron chi connectivity index (χ1n) is 13.0. The summed E-state index contributed by atoms with van der Waals surface area (Å²) in [5, 5.41) is 2.47. The van der Waals surface area contributed by atoms with Gasteiger partial charge in [-0.3, -0.25) is 0 Å².